The van der Waals surface area contributed by atoms with Crippen molar-refractivity contribution >= 4 is 0 Å². The number of ether oxygens (including phenoxy) is 1. The van der Waals surface area contributed by atoms with Gasteiger partial charge in [-0.1, -0.05) is 19.0 Å². The van der Waals surface area contributed by atoms with Gasteiger partial charge in [0.05, 0.1) is 6.04 Å². The van der Waals surface area contributed by atoms with E-state index in [9.17, 15) is 0 Å². The summed E-state index contributed by atoms with van der Waals surface area (Å²) in [7, 11) is 0. The Kier molecular flexibility index (Phi) is 3.02. The minimum atomic E-state index is -0.163. The molecule has 0 radical (unpaired) electrons. The van der Waals surface area contributed by atoms with Crippen LogP contribution in [0, 0.1) is 5.92 Å². The number of nitrogens with two attached hydrogens (primary N) is 1. The summed E-state index contributed by atoms with van der Waals surface area (Å²) >= 11 is 0. The lowest BCUT2D eigenvalue weighted by Gasteiger charge is -2.09. The third kappa shape index (κ3) is 2.18. The Morgan fingerprint density at radius 3 is 2.87 bits per heavy atom. The van der Waals surface area contributed by atoms with Gasteiger partial charge in [0, 0.05) is 6.61 Å². The van der Waals surface area contributed by atoms with Crippen molar-refractivity contribution in [2.24, 2.45) is 11.7 Å². The van der Waals surface area contributed by atoms with E-state index in [1.54, 1.807) is 0 Å². The van der Waals surface area contributed by atoms with Crippen LogP contribution in [0.4, 0.5) is 0 Å². The van der Waals surface area contributed by atoms with Gasteiger partial charge >= 0.3 is 0 Å². The molecule has 2 rings (SSSR count). The number of aromatic nitrogens is 2. The molecule has 1 aliphatic heterocycles. The van der Waals surface area contributed by atoms with Crippen molar-refractivity contribution in [3.8, 4) is 0 Å². The van der Waals surface area contributed by atoms with Crippen molar-refractivity contribution in [3.05, 3.63) is 11.7 Å². The topological polar surface area (TPSA) is 74.2 Å². The van der Waals surface area contributed by atoms with E-state index in [1.807, 2.05) is 13.8 Å². The van der Waals surface area contributed by atoms with E-state index in [2.05, 4.69) is 10.1 Å². The highest BCUT2D eigenvalue weighted by molar-refractivity contribution is 4.97. The summed E-state index contributed by atoms with van der Waals surface area (Å²) in [5.41, 5.74) is 5.92. The second-order valence-corrected chi connectivity index (χ2v) is 4.26. The molecule has 0 aromatic carbocycles. The molecule has 1 aromatic rings. The first-order valence-corrected chi connectivity index (χ1v) is 5.39. The molecule has 2 heterocycles. The fourth-order valence-corrected chi connectivity index (χ4v) is 1.58. The lowest BCUT2D eigenvalue weighted by atomic mass is 10.1. The summed E-state index contributed by atoms with van der Waals surface area (Å²) in [6, 6.07) is -0.163. The van der Waals surface area contributed by atoms with E-state index in [0.29, 0.717) is 17.6 Å². The third-order valence-corrected chi connectivity index (χ3v) is 2.68. The van der Waals surface area contributed by atoms with Crippen molar-refractivity contribution in [1.82, 2.24) is 10.1 Å². The second kappa shape index (κ2) is 4.28. The minimum absolute atomic E-state index is 0.0226. The average Bonchev–Trinajstić information content (AvgIpc) is 2.86. The highest BCUT2D eigenvalue weighted by Gasteiger charge is 2.25. The van der Waals surface area contributed by atoms with Gasteiger partial charge < -0.3 is 15.0 Å². The number of nitrogens with zero attached hydrogens (tertiary/aromatic N) is 2. The molecule has 2 atom stereocenters. The quantitative estimate of drug-likeness (QED) is 0.821. The molecule has 0 amide bonds. The molecule has 0 saturated carbocycles. The van der Waals surface area contributed by atoms with Crippen LogP contribution in [0.25, 0.3) is 0 Å². The summed E-state index contributed by atoms with van der Waals surface area (Å²) in [6.45, 7) is 4.85. The van der Waals surface area contributed by atoms with Gasteiger partial charge in [-0.25, -0.2) is 0 Å². The molecule has 1 aliphatic rings. The largest absolute Gasteiger partial charge is 0.368 e. The van der Waals surface area contributed by atoms with Gasteiger partial charge in [0.25, 0.3) is 5.89 Å². The van der Waals surface area contributed by atoms with Crippen LogP contribution in [0.15, 0.2) is 4.52 Å². The van der Waals surface area contributed by atoms with Gasteiger partial charge in [-0.2, -0.15) is 4.98 Å². The van der Waals surface area contributed by atoms with Crippen LogP contribution in [-0.2, 0) is 4.74 Å². The van der Waals surface area contributed by atoms with Crippen molar-refractivity contribution in [3.63, 3.8) is 0 Å². The molecule has 0 bridgehead atoms. The zero-order valence-electron chi connectivity index (χ0n) is 9.14. The molecule has 1 saturated heterocycles. The summed E-state index contributed by atoms with van der Waals surface area (Å²) in [5.74, 6) is 1.45. The maximum Gasteiger partial charge on any atom is 0.255 e. The van der Waals surface area contributed by atoms with Crippen LogP contribution in [0.5, 0.6) is 0 Å². The molecule has 5 nitrogen and oxygen atoms in total. The molecular formula is C10H17N3O2. The first-order chi connectivity index (χ1) is 7.18. The van der Waals surface area contributed by atoms with Gasteiger partial charge in [-0.05, 0) is 18.8 Å². The van der Waals surface area contributed by atoms with E-state index >= 15 is 0 Å². The molecule has 0 aliphatic carbocycles. The number of hydrogen-bond acceptors (Lipinski definition) is 5. The second-order valence-electron chi connectivity index (χ2n) is 4.26. The third-order valence-electron chi connectivity index (χ3n) is 2.68. The van der Waals surface area contributed by atoms with Crippen LogP contribution in [0.2, 0.25) is 0 Å². The lowest BCUT2D eigenvalue weighted by molar-refractivity contribution is 0.0835. The minimum Gasteiger partial charge on any atom is -0.368 e. The Bertz CT molecular complexity index is 302. The fourth-order valence-electron chi connectivity index (χ4n) is 1.58. The van der Waals surface area contributed by atoms with Crippen LogP contribution >= 0.6 is 0 Å². The van der Waals surface area contributed by atoms with Gasteiger partial charge in [0.1, 0.15) is 6.10 Å². The highest BCUT2D eigenvalue weighted by atomic mass is 16.5. The standard InChI is InChI=1S/C10H17N3O2/c1-6(2)8(11)9-12-10(15-13-9)7-4-3-5-14-7/h6-8H,3-5,11H2,1-2H3. The zero-order valence-corrected chi connectivity index (χ0v) is 9.14. The van der Waals surface area contributed by atoms with Gasteiger partial charge in [0.2, 0.25) is 0 Å². The number of rotatable bonds is 3. The van der Waals surface area contributed by atoms with E-state index in [4.69, 9.17) is 15.0 Å². The Labute approximate surface area is 89.0 Å². The summed E-state index contributed by atoms with van der Waals surface area (Å²) in [4.78, 5) is 4.29. The summed E-state index contributed by atoms with van der Waals surface area (Å²) in [6.07, 6.45) is 1.99. The smallest absolute Gasteiger partial charge is 0.255 e. The van der Waals surface area contributed by atoms with Crippen molar-refractivity contribution < 1.29 is 9.26 Å². The molecule has 2 N–H and O–H groups in total. The van der Waals surface area contributed by atoms with Crippen molar-refractivity contribution in [1.29, 1.82) is 0 Å². The van der Waals surface area contributed by atoms with E-state index < -0.39 is 0 Å². The molecule has 2 unspecified atom stereocenters. The van der Waals surface area contributed by atoms with Crippen LogP contribution in [-0.4, -0.2) is 16.7 Å². The fraction of sp³-hybridized carbons (Fsp3) is 0.800. The first kappa shape index (κ1) is 10.6. The van der Waals surface area contributed by atoms with Gasteiger partial charge in [-0.3, -0.25) is 0 Å². The molecule has 15 heavy (non-hydrogen) atoms. The molecule has 1 fully saturated rings. The van der Waals surface area contributed by atoms with E-state index in [0.717, 1.165) is 19.4 Å². The predicted molar refractivity (Wildman–Crippen MR) is 54.0 cm³/mol. The maximum absolute atomic E-state index is 5.92. The molecule has 84 valence electrons. The van der Waals surface area contributed by atoms with Gasteiger partial charge in [-0.15, -0.1) is 0 Å². The van der Waals surface area contributed by atoms with E-state index in [-0.39, 0.29) is 12.1 Å². The molecule has 5 heteroatoms. The molecular weight excluding hydrogens is 194 g/mol. The normalized spacial score (nSPS) is 23.6. The first-order valence-electron chi connectivity index (χ1n) is 5.39. The average molecular weight is 211 g/mol. The highest BCUT2D eigenvalue weighted by Crippen LogP contribution is 2.28. The SMILES string of the molecule is CC(C)C(N)c1noc(C2CCCO2)n1. The summed E-state index contributed by atoms with van der Waals surface area (Å²) in [5, 5.41) is 3.89. The lowest BCUT2D eigenvalue weighted by Crippen LogP contribution is -2.18. The Morgan fingerprint density at radius 2 is 2.27 bits per heavy atom. The van der Waals surface area contributed by atoms with Crippen LogP contribution in [0.3, 0.4) is 0 Å². The monoisotopic (exact) mass is 211 g/mol. The van der Waals surface area contributed by atoms with Crippen LogP contribution in [0.1, 0.15) is 50.6 Å². The zero-order chi connectivity index (χ0) is 10.8. The van der Waals surface area contributed by atoms with E-state index in [1.165, 1.54) is 0 Å². The van der Waals surface area contributed by atoms with Crippen molar-refractivity contribution in [2.45, 2.75) is 38.8 Å². The molecule has 0 spiro atoms. The molecule has 1 aromatic heterocycles. The van der Waals surface area contributed by atoms with Gasteiger partial charge in [0.15, 0.2) is 5.82 Å². The maximum atomic E-state index is 5.92. The summed E-state index contributed by atoms with van der Waals surface area (Å²) < 4.78 is 10.6. The van der Waals surface area contributed by atoms with Crippen LogP contribution < -0.4 is 5.73 Å². The Hall–Kier alpha value is -0.940. The number of hydrogen-bond donors (Lipinski definition) is 1. The van der Waals surface area contributed by atoms with Crippen molar-refractivity contribution in [2.75, 3.05) is 6.61 Å². The Morgan fingerprint density at radius 1 is 1.47 bits per heavy atom. The predicted octanol–water partition coefficient (Wildman–Crippen LogP) is 1.58. The Balaban J connectivity index is 2.09.